The third-order valence-corrected chi connectivity index (χ3v) is 6.17. The highest BCUT2D eigenvalue weighted by molar-refractivity contribution is 8.17. The van der Waals surface area contributed by atoms with Gasteiger partial charge in [0.15, 0.2) is 5.17 Å². The van der Waals surface area contributed by atoms with Crippen LogP contribution in [0, 0.1) is 5.41 Å². The molecule has 1 aromatic heterocycles. The number of amides is 1. The van der Waals surface area contributed by atoms with Gasteiger partial charge in [0.1, 0.15) is 17.4 Å². The first-order valence-corrected chi connectivity index (χ1v) is 10.9. The van der Waals surface area contributed by atoms with E-state index in [1.165, 1.54) is 17.8 Å². The summed E-state index contributed by atoms with van der Waals surface area (Å²) in [5.41, 5.74) is 2.58. The van der Waals surface area contributed by atoms with Crippen molar-refractivity contribution in [3.8, 4) is 11.3 Å². The Morgan fingerprint density at radius 3 is 2.65 bits per heavy atom. The molecule has 0 unspecified atom stereocenters. The zero-order valence-corrected chi connectivity index (χ0v) is 18.1. The molecule has 0 fully saturated rings. The minimum atomic E-state index is -0.478. The Morgan fingerprint density at radius 2 is 1.87 bits per heavy atom. The predicted octanol–water partition coefficient (Wildman–Crippen LogP) is 6.56. The Hall–Kier alpha value is -3.06. The van der Waals surface area contributed by atoms with Crippen LogP contribution in [-0.2, 0) is 4.79 Å². The standard InChI is InChI=1S/C23H13Cl2N3O2S/c24-14-6-8-16(18(25)10-14)20-9-7-15(30-20)11-17-21(26)28-19(13-4-2-1-3-5-13)12-31-23(28)27-22(17)29/h1-12,26H. The van der Waals surface area contributed by atoms with Gasteiger partial charge in [-0.15, -0.1) is 0 Å². The molecule has 0 spiro atoms. The van der Waals surface area contributed by atoms with E-state index in [1.807, 2.05) is 35.7 Å². The summed E-state index contributed by atoms with van der Waals surface area (Å²) >= 11 is 13.6. The van der Waals surface area contributed by atoms with Gasteiger partial charge < -0.3 is 4.42 Å². The fraction of sp³-hybridized carbons (Fsp3) is 0. The quantitative estimate of drug-likeness (QED) is 0.444. The largest absolute Gasteiger partial charge is 0.457 e. The SMILES string of the molecule is N=C1C(=Cc2ccc(-c3ccc(Cl)cc3Cl)o2)C(=O)N=C2SC=C(c3ccccc3)N12. The highest BCUT2D eigenvalue weighted by atomic mass is 35.5. The average Bonchev–Trinajstić information content (AvgIpc) is 3.39. The molecule has 5 nitrogen and oxygen atoms in total. The zero-order valence-electron chi connectivity index (χ0n) is 15.8. The Bertz CT molecular complexity index is 1330. The number of carbonyl (C=O) groups excluding carboxylic acids is 1. The van der Waals surface area contributed by atoms with Crippen LogP contribution in [-0.4, -0.2) is 21.8 Å². The highest BCUT2D eigenvalue weighted by Gasteiger charge is 2.36. The fourth-order valence-corrected chi connectivity index (χ4v) is 4.71. The molecule has 2 aliphatic rings. The van der Waals surface area contributed by atoms with E-state index in [9.17, 15) is 4.79 Å². The molecule has 0 atom stereocenters. The van der Waals surface area contributed by atoms with Crippen LogP contribution < -0.4 is 0 Å². The molecule has 0 saturated heterocycles. The van der Waals surface area contributed by atoms with Gasteiger partial charge in [0.2, 0.25) is 0 Å². The van der Waals surface area contributed by atoms with Crippen LogP contribution in [0.1, 0.15) is 11.3 Å². The van der Waals surface area contributed by atoms with Gasteiger partial charge in [-0.1, -0.05) is 65.3 Å². The second kappa shape index (κ2) is 7.89. The van der Waals surface area contributed by atoms with Gasteiger partial charge in [0.05, 0.1) is 16.3 Å². The van der Waals surface area contributed by atoms with Crippen molar-refractivity contribution in [1.82, 2.24) is 4.90 Å². The molecule has 3 aromatic rings. The lowest BCUT2D eigenvalue weighted by atomic mass is 10.1. The molecule has 0 bridgehead atoms. The van der Waals surface area contributed by atoms with E-state index >= 15 is 0 Å². The monoisotopic (exact) mass is 465 g/mol. The molecule has 152 valence electrons. The smallest absolute Gasteiger partial charge is 0.283 e. The Balaban J connectivity index is 1.49. The Labute approximate surface area is 192 Å². The van der Waals surface area contributed by atoms with Crippen molar-refractivity contribution in [2.24, 2.45) is 4.99 Å². The van der Waals surface area contributed by atoms with Gasteiger partial charge in [-0.3, -0.25) is 15.1 Å². The number of fused-ring (bicyclic) bond motifs is 1. The third kappa shape index (κ3) is 3.63. The lowest BCUT2D eigenvalue weighted by Crippen LogP contribution is -2.37. The molecular weight excluding hydrogens is 453 g/mol. The van der Waals surface area contributed by atoms with Gasteiger partial charge in [-0.2, -0.15) is 4.99 Å². The molecule has 8 heteroatoms. The van der Waals surface area contributed by atoms with Crippen molar-refractivity contribution in [3.63, 3.8) is 0 Å². The van der Waals surface area contributed by atoms with E-state index in [4.69, 9.17) is 33.0 Å². The second-order valence-electron chi connectivity index (χ2n) is 6.75. The van der Waals surface area contributed by atoms with Crippen molar-refractivity contribution >= 4 is 63.6 Å². The zero-order chi connectivity index (χ0) is 21.5. The number of furan rings is 1. The van der Waals surface area contributed by atoms with Crippen LogP contribution in [0.3, 0.4) is 0 Å². The van der Waals surface area contributed by atoms with Crippen molar-refractivity contribution in [2.45, 2.75) is 0 Å². The molecule has 1 amide bonds. The number of aliphatic imine (C=N–C) groups is 1. The van der Waals surface area contributed by atoms with Gasteiger partial charge in [0, 0.05) is 16.0 Å². The summed E-state index contributed by atoms with van der Waals surface area (Å²) < 4.78 is 5.87. The number of benzene rings is 2. The van der Waals surface area contributed by atoms with Gasteiger partial charge in [-0.05, 0) is 42.0 Å². The minimum absolute atomic E-state index is 0.0533. The van der Waals surface area contributed by atoms with Crippen LogP contribution in [0.5, 0.6) is 0 Å². The molecule has 2 aliphatic heterocycles. The summed E-state index contributed by atoms with van der Waals surface area (Å²) in [6, 6.07) is 18.3. The predicted molar refractivity (Wildman–Crippen MR) is 126 cm³/mol. The van der Waals surface area contributed by atoms with Crippen molar-refractivity contribution in [1.29, 1.82) is 5.41 Å². The number of hydrogen-bond acceptors (Lipinski definition) is 4. The van der Waals surface area contributed by atoms with Gasteiger partial charge in [0.25, 0.3) is 5.91 Å². The number of hydrogen-bond donors (Lipinski definition) is 1. The van der Waals surface area contributed by atoms with E-state index in [0.29, 0.717) is 32.3 Å². The maximum atomic E-state index is 12.6. The van der Waals surface area contributed by atoms with Gasteiger partial charge >= 0.3 is 0 Å². The van der Waals surface area contributed by atoms with Crippen LogP contribution in [0.2, 0.25) is 10.0 Å². The first-order chi connectivity index (χ1) is 15.0. The first kappa shape index (κ1) is 19.9. The van der Waals surface area contributed by atoms with Crippen molar-refractivity contribution in [2.75, 3.05) is 0 Å². The van der Waals surface area contributed by atoms with E-state index in [-0.39, 0.29) is 11.4 Å². The lowest BCUT2D eigenvalue weighted by molar-refractivity contribution is -0.114. The Morgan fingerprint density at radius 1 is 1.06 bits per heavy atom. The number of rotatable bonds is 3. The summed E-state index contributed by atoms with van der Waals surface area (Å²) in [5.74, 6) is 0.533. The minimum Gasteiger partial charge on any atom is -0.457 e. The summed E-state index contributed by atoms with van der Waals surface area (Å²) in [6.45, 7) is 0. The summed E-state index contributed by atoms with van der Waals surface area (Å²) in [5, 5.41) is 12.0. The number of nitrogens with one attached hydrogen (secondary N) is 1. The van der Waals surface area contributed by atoms with Crippen LogP contribution in [0.25, 0.3) is 23.1 Å². The number of nitrogens with zero attached hydrogens (tertiary/aromatic N) is 2. The first-order valence-electron chi connectivity index (χ1n) is 9.22. The maximum absolute atomic E-state index is 12.6. The molecule has 0 aliphatic carbocycles. The average molecular weight is 466 g/mol. The van der Waals surface area contributed by atoms with Crippen molar-refractivity contribution < 1.29 is 9.21 Å². The molecular formula is C23H13Cl2N3O2S. The number of thioether (sulfide) groups is 1. The van der Waals surface area contributed by atoms with E-state index < -0.39 is 5.91 Å². The molecule has 0 radical (unpaired) electrons. The van der Waals surface area contributed by atoms with Crippen LogP contribution >= 0.6 is 35.0 Å². The van der Waals surface area contributed by atoms with Gasteiger partial charge in [-0.25, -0.2) is 0 Å². The number of halogens is 2. The third-order valence-electron chi connectivity index (χ3n) is 4.79. The van der Waals surface area contributed by atoms with Crippen LogP contribution in [0.15, 0.2) is 81.1 Å². The normalized spacial score (nSPS) is 17.1. The van der Waals surface area contributed by atoms with E-state index in [1.54, 1.807) is 35.2 Å². The Kier molecular flexibility index (Phi) is 5.06. The number of amidine groups is 2. The molecule has 1 N–H and O–H groups in total. The van der Waals surface area contributed by atoms with E-state index in [0.717, 1.165) is 11.3 Å². The van der Waals surface area contributed by atoms with E-state index in [2.05, 4.69) is 4.99 Å². The topological polar surface area (TPSA) is 69.7 Å². The maximum Gasteiger partial charge on any atom is 0.283 e. The van der Waals surface area contributed by atoms with Crippen LogP contribution in [0.4, 0.5) is 0 Å². The fourth-order valence-electron chi connectivity index (χ4n) is 3.32. The summed E-state index contributed by atoms with van der Waals surface area (Å²) in [4.78, 5) is 18.5. The molecule has 2 aromatic carbocycles. The summed E-state index contributed by atoms with van der Waals surface area (Å²) in [6.07, 6.45) is 1.53. The second-order valence-corrected chi connectivity index (χ2v) is 8.43. The molecule has 0 saturated carbocycles. The highest BCUT2D eigenvalue weighted by Crippen LogP contribution is 2.38. The molecule has 3 heterocycles. The lowest BCUT2D eigenvalue weighted by Gasteiger charge is -2.26. The number of carbonyl (C=O) groups is 1. The van der Waals surface area contributed by atoms with Crippen molar-refractivity contribution in [3.05, 3.63) is 93.0 Å². The molecule has 5 rings (SSSR count). The molecule has 31 heavy (non-hydrogen) atoms. The summed E-state index contributed by atoms with van der Waals surface area (Å²) in [7, 11) is 0.